The van der Waals surface area contributed by atoms with Crippen LogP contribution < -0.4 is 15.2 Å². The normalized spacial score (nSPS) is 14.9. The van der Waals surface area contributed by atoms with Gasteiger partial charge in [-0.15, -0.1) is 0 Å². The van der Waals surface area contributed by atoms with Gasteiger partial charge in [-0.05, 0) is 23.8 Å². The van der Waals surface area contributed by atoms with E-state index in [1.807, 2.05) is 0 Å². The van der Waals surface area contributed by atoms with Crippen LogP contribution in [0, 0.1) is 5.82 Å². The lowest BCUT2D eigenvalue weighted by Crippen LogP contribution is -2.07. The molecule has 1 aliphatic rings. The van der Waals surface area contributed by atoms with E-state index in [0.29, 0.717) is 35.7 Å². The zero-order valence-electron chi connectivity index (χ0n) is 13.0. The summed E-state index contributed by atoms with van der Waals surface area (Å²) in [4.78, 5) is 0. The lowest BCUT2D eigenvalue weighted by Gasteiger charge is -2.18. The first-order chi connectivity index (χ1) is 11.2. The molecule has 1 fully saturated rings. The third-order valence-corrected chi connectivity index (χ3v) is 3.75. The minimum Gasteiger partial charge on any atom is -0.497 e. The van der Waals surface area contributed by atoms with E-state index in [0.717, 1.165) is 0 Å². The minimum atomic E-state index is -0.617. The Labute approximate surface area is 133 Å². The summed E-state index contributed by atoms with van der Waals surface area (Å²) in [6, 6.07) is 8.75. The van der Waals surface area contributed by atoms with Crippen LogP contribution in [0.25, 0.3) is 11.1 Å². The first-order valence-electron chi connectivity index (χ1n) is 7.19. The van der Waals surface area contributed by atoms with E-state index in [9.17, 15) is 4.39 Å². The first-order valence-corrected chi connectivity index (χ1v) is 7.19. The molecule has 0 spiro atoms. The van der Waals surface area contributed by atoms with Crippen molar-refractivity contribution in [2.24, 2.45) is 0 Å². The van der Waals surface area contributed by atoms with E-state index in [1.54, 1.807) is 37.4 Å². The van der Waals surface area contributed by atoms with Crippen LogP contribution >= 0.6 is 0 Å². The van der Waals surface area contributed by atoms with E-state index in [2.05, 4.69) is 0 Å². The van der Waals surface area contributed by atoms with E-state index in [1.165, 1.54) is 7.11 Å². The van der Waals surface area contributed by atoms with Crippen LogP contribution in [0.2, 0.25) is 0 Å². The summed E-state index contributed by atoms with van der Waals surface area (Å²) in [7, 11) is 2.94. The molecule has 0 amide bonds. The molecule has 0 aromatic heterocycles. The van der Waals surface area contributed by atoms with Crippen molar-refractivity contribution in [2.75, 3.05) is 33.2 Å². The molecule has 2 aromatic rings. The molecule has 0 radical (unpaired) electrons. The van der Waals surface area contributed by atoms with Gasteiger partial charge in [-0.2, -0.15) is 0 Å². The third kappa shape index (κ3) is 2.83. The van der Waals surface area contributed by atoms with Gasteiger partial charge in [0, 0.05) is 11.1 Å². The highest BCUT2D eigenvalue weighted by Gasteiger charge is 2.26. The number of rotatable bonds is 4. The second kappa shape index (κ2) is 6.44. The summed E-state index contributed by atoms with van der Waals surface area (Å²) < 4.78 is 36.1. The van der Waals surface area contributed by atoms with E-state index in [4.69, 9.17) is 24.7 Å². The van der Waals surface area contributed by atoms with Crippen molar-refractivity contribution in [3.8, 4) is 22.6 Å². The fraction of sp³-hybridized carbons (Fsp3) is 0.294. The van der Waals surface area contributed by atoms with Crippen molar-refractivity contribution in [1.29, 1.82) is 0 Å². The Balaban J connectivity index is 2.17. The van der Waals surface area contributed by atoms with Crippen molar-refractivity contribution in [3.05, 3.63) is 41.7 Å². The summed E-state index contributed by atoms with van der Waals surface area (Å²) in [5.41, 5.74) is 7.77. The zero-order chi connectivity index (χ0) is 16.4. The number of hydrogen-bond acceptors (Lipinski definition) is 5. The van der Waals surface area contributed by atoms with Gasteiger partial charge in [0.15, 0.2) is 17.9 Å². The van der Waals surface area contributed by atoms with Crippen LogP contribution in [0.4, 0.5) is 10.1 Å². The molecule has 5 nitrogen and oxygen atoms in total. The first kappa shape index (κ1) is 15.6. The molecule has 0 saturated carbocycles. The Kier molecular flexibility index (Phi) is 4.36. The summed E-state index contributed by atoms with van der Waals surface area (Å²) in [6.45, 7) is 0.941. The summed E-state index contributed by atoms with van der Waals surface area (Å²) in [5, 5.41) is 0. The number of nitrogen functional groups attached to an aromatic ring is 1. The molecule has 0 aliphatic carbocycles. The van der Waals surface area contributed by atoms with Gasteiger partial charge in [0.2, 0.25) is 0 Å². The van der Waals surface area contributed by atoms with Gasteiger partial charge in [0.1, 0.15) is 5.75 Å². The van der Waals surface area contributed by atoms with E-state index >= 15 is 0 Å². The molecule has 6 heteroatoms. The van der Waals surface area contributed by atoms with Crippen LogP contribution in [0.1, 0.15) is 11.9 Å². The monoisotopic (exact) mass is 319 g/mol. The smallest absolute Gasteiger partial charge is 0.186 e. The van der Waals surface area contributed by atoms with Crippen LogP contribution in [0.5, 0.6) is 11.5 Å². The predicted octanol–water partition coefficient (Wildman–Crippen LogP) is 3.14. The summed E-state index contributed by atoms with van der Waals surface area (Å²) in [5.74, 6) is 0.0898. The second-order valence-electron chi connectivity index (χ2n) is 5.08. The van der Waals surface area contributed by atoms with Gasteiger partial charge < -0.3 is 24.7 Å². The summed E-state index contributed by atoms with van der Waals surface area (Å²) in [6.07, 6.45) is -0.617. The number of benzene rings is 2. The molecule has 1 aliphatic heterocycles. The molecule has 122 valence electrons. The average Bonchev–Trinajstić information content (AvgIpc) is 3.10. The lowest BCUT2D eigenvalue weighted by molar-refractivity contribution is -0.0436. The molecule has 3 rings (SSSR count). The lowest BCUT2D eigenvalue weighted by atomic mass is 9.99. The maximum Gasteiger partial charge on any atom is 0.186 e. The third-order valence-electron chi connectivity index (χ3n) is 3.75. The number of halogens is 1. The van der Waals surface area contributed by atoms with Gasteiger partial charge in [-0.1, -0.05) is 12.1 Å². The van der Waals surface area contributed by atoms with Gasteiger partial charge in [0.25, 0.3) is 0 Å². The van der Waals surface area contributed by atoms with Crippen LogP contribution in [-0.2, 0) is 9.47 Å². The Morgan fingerprint density at radius 1 is 1.13 bits per heavy atom. The fourth-order valence-electron chi connectivity index (χ4n) is 2.60. The highest BCUT2D eigenvalue weighted by molar-refractivity contribution is 5.74. The number of anilines is 1. The number of hydrogen-bond donors (Lipinski definition) is 1. The Bertz CT molecular complexity index is 714. The Hall–Kier alpha value is -2.31. The largest absolute Gasteiger partial charge is 0.497 e. The molecular weight excluding hydrogens is 301 g/mol. The highest BCUT2D eigenvalue weighted by atomic mass is 19.1. The predicted molar refractivity (Wildman–Crippen MR) is 84.0 cm³/mol. The maximum absolute atomic E-state index is 14.8. The quantitative estimate of drug-likeness (QED) is 0.877. The van der Waals surface area contributed by atoms with E-state index in [-0.39, 0.29) is 11.4 Å². The number of nitrogens with two attached hydrogens (primary N) is 1. The van der Waals surface area contributed by atoms with Crippen LogP contribution in [0.15, 0.2) is 30.3 Å². The van der Waals surface area contributed by atoms with Gasteiger partial charge in [-0.25, -0.2) is 4.39 Å². The number of methoxy groups -OCH3 is 2. The molecule has 1 heterocycles. The Morgan fingerprint density at radius 2 is 1.87 bits per heavy atom. The fourth-order valence-corrected chi connectivity index (χ4v) is 2.60. The second-order valence-corrected chi connectivity index (χ2v) is 5.08. The van der Waals surface area contributed by atoms with E-state index < -0.39 is 12.1 Å². The number of ether oxygens (including phenoxy) is 4. The molecule has 2 aromatic carbocycles. The average molecular weight is 319 g/mol. The topological polar surface area (TPSA) is 62.9 Å². The Morgan fingerprint density at radius 3 is 2.52 bits per heavy atom. The van der Waals surface area contributed by atoms with Crippen molar-refractivity contribution in [1.82, 2.24) is 0 Å². The van der Waals surface area contributed by atoms with Crippen molar-refractivity contribution in [3.63, 3.8) is 0 Å². The van der Waals surface area contributed by atoms with Gasteiger partial charge >= 0.3 is 0 Å². The van der Waals surface area contributed by atoms with Crippen molar-refractivity contribution >= 4 is 5.69 Å². The van der Waals surface area contributed by atoms with Crippen molar-refractivity contribution in [2.45, 2.75) is 6.29 Å². The molecular formula is C17H18FNO4. The standard InChI is InChI=1S/C17H18FNO4/c1-20-11-5-3-4-10(8-11)12-9-13(17-22-6-7-23-17)15(19)16(21-2)14(12)18/h3-5,8-9,17H,6-7,19H2,1-2H3. The highest BCUT2D eigenvalue weighted by Crippen LogP contribution is 2.41. The maximum atomic E-state index is 14.8. The molecule has 23 heavy (non-hydrogen) atoms. The van der Waals surface area contributed by atoms with Crippen LogP contribution in [-0.4, -0.2) is 27.4 Å². The van der Waals surface area contributed by atoms with Gasteiger partial charge in [0.05, 0.1) is 33.1 Å². The van der Waals surface area contributed by atoms with Gasteiger partial charge in [-0.3, -0.25) is 0 Å². The molecule has 1 saturated heterocycles. The van der Waals surface area contributed by atoms with Crippen LogP contribution in [0.3, 0.4) is 0 Å². The summed E-state index contributed by atoms with van der Waals surface area (Å²) >= 11 is 0. The molecule has 0 atom stereocenters. The molecule has 0 bridgehead atoms. The SMILES string of the molecule is COc1cccc(-c2cc(C3OCCO3)c(N)c(OC)c2F)c1. The molecule has 0 unspecified atom stereocenters. The minimum absolute atomic E-state index is 0.0144. The zero-order valence-corrected chi connectivity index (χ0v) is 13.0. The molecule has 2 N–H and O–H groups in total. The van der Waals surface area contributed by atoms with Crippen molar-refractivity contribution < 1.29 is 23.3 Å².